The lowest BCUT2D eigenvalue weighted by molar-refractivity contribution is 0.721. The highest BCUT2D eigenvalue weighted by atomic mass is 35.5. The number of nitrogens with one attached hydrogen (secondary N) is 1. The zero-order valence-electron chi connectivity index (χ0n) is 14.4. The Hall–Kier alpha value is -3.03. The molecule has 0 radical (unpaired) electrons. The van der Waals surface area contributed by atoms with E-state index in [1.165, 1.54) is 4.68 Å². The van der Waals surface area contributed by atoms with Gasteiger partial charge in [0.1, 0.15) is 0 Å². The number of hydrogen-bond donors (Lipinski definition) is 1. The third-order valence-corrected chi connectivity index (χ3v) is 4.61. The lowest BCUT2D eigenvalue weighted by Crippen LogP contribution is -2.07. The van der Waals surface area contributed by atoms with Crippen molar-refractivity contribution < 1.29 is 0 Å². The van der Waals surface area contributed by atoms with E-state index in [1.807, 2.05) is 67.6 Å². The Morgan fingerprint density at radius 1 is 1.11 bits per heavy atom. The van der Waals surface area contributed by atoms with Crippen LogP contribution in [0.25, 0.3) is 17.2 Å². The molecule has 134 valence electrons. The number of rotatable bonds is 4. The number of aryl methyl sites for hydroxylation is 1. The van der Waals surface area contributed by atoms with Gasteiger partial charge in [-0.05, 0) is 31.3 Å². The van der Waals surface area contributed by atoms with Gasteiger partial charge in [-0.25, -0.2) is 9.78 Å². The molecule has 2 aromatic carbocycles. The van der Waals surface area contributed by atoms with Gasteiger partial charge in [0, 0.05) is 21.8 Å². The normalized spacial score (nSPS) is 11.3. The summed E-state index contributed by atoms with van der Waals surface area (Å²) in [7, 11) is 0. The van der Waals surface area contributed by atoms with Crippen LogP contribution in [-0.2, 0) is 0 Å². The van der Waals surface area contributed by atoms with Crippen LogP contribution in [0.2, 0.25) is 5.02 Å². The average Bonchev–Trinajstić information content (AvgIpc) is 3.24. The maximum absolute atomic E-state index is 6.19. The number of aromatic amines is 1. The summed E-state index contributed by atoms with van der Waals surface area (Å²) >= 11 is 11.5. The monoisotopic (exact) mass is 394 g/mol. The molecule has 27 heavy (non-hydrogen) atoms. The molecule has 0 saturated heterocycles. The van der Waals surface area contributed by atoms with Crippen LogP contribution in [0.3, 0.4) is 0 Å². The molecule has 0 fully saturated rings. The zero-order chi connectivity index (χ0) is 18.8. The molecule has 0 aliphatic carbocycles. The summed E-state index contributed by atoms with van der Waals surface area (Å²) in [6.45, 7) is 1.96. The van der Waals surface area contributed by atoms with Crippen molar-refractivity contribution in [1.29, 1.82) is 0 Å². The first-order valence-electron chi connectivity index (χ1n) is 8.22. The van der Waals surface area contributed by atoms with E-state index in [9.17, 15) is 0 Å². The fourth-order valence-electron chi connectivity index (χ4n) is 2.65. The second-order valence-corrected chi connectivity index (χ2v) is 6.65. The van der Waals surface area contributed by atoms with Crippen LogP contribution < -0.4 is 0 Å². The van der Waals surface area contributed by atoms with Crippen LogP contribution in [0.15, 0.2) is 65.8 Å². The highest BCUT2D eigenvalue weighted by molar-refractivity contribution is 7.71. The summed E-state index contributed by atoms with van der Waals surface area (Å²) in [4.78, 5) is 0. The number of benzene rings is 2. The van der Waals surface area contributed by atoms with E-state index in [4.69, 9.17) is 23.8 Å². The first kappa shape index (κ1) is 17.4. The molecule has 0 aliphatic rings. The quantitative estimate of drug-likeness (QED) is 0.405. The summed E-state index contributed by atoms with van der Waals surface area (Å²) in [5, 5.41) is 16.8. The van der Waals surface area contributed by atoms with E-state index >= 15 is 0 Å². The summed E-state index contributed by atoms with van der Waals surface area (Å²) in [5.74, 6) is 0.475. The van der Waals surface area contributed by atoms with Gasteiger partial charge in [-0.3, -0.25) is 0 Å². The fourth-order valence-corrected chi connectivity index (χ4v) is 3.01. The molecule has 4 rings (SSSR count). The first-order valence-corrected chi connectivity index (χ1v) is 9.01. The maximum Gasteiger partial charge on any atom is 0.271 e. The Kier molecular flexibility index (Phi) is 4.70. The van der Waals surface area contributed by atoms with Crippen molar-refractivity contribution in [2.75, 3.05) is 0 Å². The molecule has 0 atom stereocenters. The molecule has 2 aromatic heterocycles. The van der Waals surface area contributed by atoms with Crippen molar-refractivity contribution in [2.45, 2.75) is 6.92 Å². The lowest BCUT2D eigenvalue weighted by Gasteiger charge is -2.03. The van der Waals surface area contributed by atoms with Crippen molar-refractivity contribution in [3.8, 4) is 17.2 Å². The van der Waals surface area contributed by atoms with Crippen molar-refractivity contribution >= 4 is 30.0 Å². The first-order chi connectivity index (χ1) is 13.1. The molecular weight excluding hydrogens is 380 g/mol. The highest BCUT2D eigenvalue weighted by Gasteiger charge is 2.14. The second kappa shape index (κ2) is 7.30. The van der Waals surface area contributed by atoms with Crippen LogP contribution in [0, 0.1) is 11.7 Å². The van der Waals surface area contributed by atoms with Gasteiger partial charge < -0.3 is 0 Å². The zero-order valence-corrected chi connectivity index (χ0v) is 15.9. The standard InChI is InChI=1S/C19H15ClN6S/c1-13-11-17(14-7-3-2-4-8-14)24-25(13)18-22-23-19(27)26(18)21-12-15-9-5-6-10-16(15)20/h2-12H,1H3,(H,23,27)/b21-12+. The van der Waals surface area contributed by atoms with Crippen LogP contribution in [-0.4, -0.2) is 30.9 Å². The van der Waals surface area contributed by atoms with Gasteiger partial charge in [0.15, 0.2) is 0 Å². The molecule has 0 spiro atoms. The average molecular weight is 395 g/mol. The van der Waals surface area contributed by atoms with E-state index in [0.717, 1.165) is 22.5 Å². The second-order valence-electron chi connectivity index (χ2n) is 5.86. The smallest absolute Gasteiger partial charge is 0.248 e. The molecule has 0 bridgehead atoms. The van der Waals surface area contributed by atoms with Crippen LogP contribution in [0.4, 0.5) is 0 Å². The Bertz CT molecular complexity index is 1170. The predicted molar refractivity (Wildman–Crippen MR) is 109 cm³/mol. The minimum absolute atomic E-state index is 0.365. The molecule has 0 unspecified atom stereocenters. The fraction of sp³-hybridized carbons (Fsp3) is 0.0526. The van der Waals surface area contributed by atoms with Crippen molar-refractivity contribution in [3.05, 3.63) is 81.7 Å². The summed E-state index contributed by atoms with van der Waals surface area (Å²) in [5.41, 5.74) is 3.58. The Labute approximate surface area is 165 Å². The predicted octanol–water partition coefficient (Wildman–Crippen LogP) is 4.64. The molecule has 0 aliphatic heterocycles. The topological polar surface area (TPSA) is 63.8 Å². The molecular formula is C19H15ClN6S. The minimum Gasteiger partial charge on any atom is -0.248 e. The van der Waals surface area contributed by atoms with Gasteiger partial charge in [0.25, 0.3) is 5.95 Å². The van der Waals surface area contributed by atoms with Crippen LogP contribution in [0.1, 0.15) is 11.3 Å². The largest absolute Gasteiger partial charge is 0.271 e. The number of halogens is 1. The molecule has 6 nitrogen and oxygen atoms in total. The van der Waals surface area contributed by atoms with Crippen LogP contribution in [0.5, 0.6) is 0 Å². The van der Waals surface area contributed by atoms with E-state index in [-0.39, 0.29) is 0 Å². The SMILES string of the molecule is Cc1cc(-c2ccccc2)nn1-c1n[nH]c(=S)n1/N=C/c1ccccc1Cl. The van der Waals surface area contributed by atoms with Crippen molar-refractivity contribution in [2.24, 2.45) is 5.10 Å². The van der Waals surface area contributed by atoms with E-state index in [1.54, 1.807) is 10.9 Å². The molecule has 2 heterocycles. The molecule has 4 aromatic rings. The molecule has 0 saturated carbocycles. The number of H-pyrrole nitrogens is 1. The van der Waals surface area contributed by atoms with Gasteiger partial charge in [-0.15, -0.1) is 5.10 Å². The number of aromatic nitrogens is 5. The number of hydrogen-bond acceptors (Lipinski definition) is 4. The molecule has 0 amide bonds. The maximum atomic E-state index is 6.19. The minimum atomic E-state index is 0.365. The van der Waals surface area contributed by atoms with Gasteiger partial charge in [0.05, 0.1) is 11.9 Å². The number of nitrogens with zero attached hydrogens (tertiary/aromatic N) is 5. The molecule has 8 heteroatoms. The van der Waals surface area contributed by atoms with Gasteiger partial charge in [0.2, 0.25) is 4.77 Å². The third kappa shape index (κ3) is 3.47. The summed E-state index contributed by atoms with van der Waals surface area (Å²) < 4.78 is 3.59. The summed E-state index contributed by atoms with van der Waals surface area (Å²) in [6, 6.07) is 19.4. The molecule has 1 N–H and O–H groups in total. The Morgan fingerprint density at radius 2 is 1.85 bits per heavy atom. The van der Waals surface area contributed by atoms with Gasteiger partial charge in [-0.1, -0.05) is 60.1 Å². The van der Waals surface area contributed by atoms with Crippen molar-refractivity contribution in [1.82, 2.24) is 24.7 Å². The van der Waals surface area contributed by atoms with E-state index in [0.29, 0.717) is 15.7 Å². The van der Waals surface area contributed by atoms with Gasteiger partial charge >= 0.3 is 0 Å². The third-order valence-electron chi connectivity index (χ3n) is 4.00. The lowest BCUT2D eigenvalue weighted by atomic mass is 10.1. The van der Waals surface area contributed by atoms with Gasteiger partial charge in [-0.2, -0.15) is 14.9 Å². The van der Waals surface area contributed by atoms with Crippen molar-refractivity contribution in [3.63, 3.8) is 0 Å². The highest BCUT2D eigenvalue weighted by Crippen LogP contribution is 2.20. The summed E-state index contributed by atoms with van der Waals surface area (Å²) in [6.07, 6.45) is 1.65. The van der Waals surface area contributed by atoms with E-state index < -0.39 is 0 Å². The Morgan fingerprint density at radius 3 is 2.63 bits per heavy atom. The Balaban J connectivity index is 1.76. The van der Waals surface area contributed by atoms with Crippen LogP contribution >= 0.6 is 23.8 Å². The van der Waals surface area contributed by atoms with E-state index in [2.05, 4.69) is 20.4 Å².